The molecule has 11 heteroatoms. The number of unbranched alkanes of at least 4 members (excludes halogenated alkanes) is 6. The average Bonchev–Trinajstić information content (AvgIpc) is 3.37. The fourth-order valence-corrected chi connectivity index (χ4v) is 8.35. The minimum atomic E-state index is -4.38. The second-order valence-electron chi connectivity index (χ2n) is 18.7. The zero-order valence-electron chi connectivity index (χ0n) is 43.1. The van der Waals surface area contributed by atoms with Crippen LogP contribution in [0.15, 0.2) is 121 Å². The molecule has 0 aliphatic rings. The summed E-state index contributed by atoms with van der Waals surface area (Å²) in [5.74, 6) is 0.00277. The topological polar surface area (TPSA) is 38.8 Å². The Hall–Kier alpha value is -4.97. The predicted octanol–water partition coefficient (Wildman–Crippen LogP) is 16.0. The molecular formula is C60H80F6N4O. The van der Waals surface area contributed by atoms with Crippen molar-refractivity contribution < 1.29 is 31.1 Å². The maximum absolute atomic E-state index is 13.8. The van der Waals surface area contributed by atoms with Crippen LogP contribution >= 0.6 is 0 Å². The summed E-state index contributed by atoms with van der Waals surface area (Å²) in [7, 11) is 0. The zero-order valence-corrected chi connectivity index (χ0v) is 43.1. The van der Waals surface area contributed by atoms with Crippen LogP contribution in [0.4, 0.5) is 26.3 Å². The van der Waals surface area contributed by atoms with E-state index in [9.17, 15) is 31.1 Å². The number of hydrogen-bond donors (Lipinski definition) is 1. The lowest BCUT2D eigenvalue weighted by molar-refractivity contribution is -0.138. The van der Waals surface area contributed by atoms with Crippen molar-refractivity contribution >= 4 is 5.91 Å². The minimum absolute atomic E-state index is 0.00277. The molecule has 0 saturated heterocycles. The van der Waals surface area contributed by atoms with Gasteiger partial charge >= 0.3 is 12.4 Å². The summed E-state index contributed by atoms with van der Waals surface area (Å²) >= 11 is 0. The SMILES string of the molecule is CCCCCc1ccc(C(=O)N(CCN(CCCC)CCCC)Cc2ccc(-c3cccc(C(F)(F)F)c3)cc2)cc1.CCCCN(CCCC)CCNCc1ccc(-c2cccc(C(F)(F)F)c2)cc1. The van der Waals surface area contributed by atoms with E-state index in [1.54, 1.807) is 12.1 Å². The number of carbonyl (C=O) groups excluding carboxylic acids is 1. The molecule has 0 aromatic heterocycles. The number of hydrogen-bond acceptors (Lipinski definition) is 4. The lowest BCUT2D eigenvalue weighted by Gasteiger charge is -2.28. The maximum atomic E-state index is 13.8. The molecule has 5 nitrogen and oxygen atoms in total. The van der Waals surface area contributed by atoms with Gasteiger partial charge in [-0.3, -0.25) is 4.79 Å². The third kappa shape index (κ3) is 21.3. The smallest absolute Gasteiger partial charge is 0.333 e. The first kappa shape index (κ1) is 58.6. The van der Waals surface area contributed by atoms with Crippen LogP contribution in [0.3, 0.4) is 0 Å². The number of amides is 1. The molecule has 5 rings (SSSR count). The van der Waals surface area contributed by atoms with Crippen LogP contribution in [0.1, 0.15) is 143 Å². The number of nitrogens with zero attached hydrogens (tertiary/aromatic N) is 3. The van der Waals surface area contributed by atoms with Crippen LogP contribution in [0.25, 0.3) is 22.3 Å². The van der Waals surface area contributed by atoms with Crippen molar-refractivity contribution in [1.82, 2.24) is 20.0 Å². The maximum Gasteiger partial charge on any atom is 0.416 e. The van der Waals surface area contributed by atoms with E-state index in [-0.39, 0.29) is 5.91 Å². The fraction of sp³-hybridized carbons (Fsp3) is 0.483. The highest BCUT2D eigenvalue weighted by atomic mass is 19.4. The summed E-state index contributed by atoms with van der Waals surface area (Å²) in [4.78, 5) is 20.7. The Kier molecular flexibility index (Phi) is 26.0. The van der Waals surface area contributed by atoms with Gasteiger partial charge in [0.15, 0.2) is 0 Å². The summed E-state index contributed by atoms with van der Waals surface area (Å²) in [5, 5.41) is 3.48. The summed E-state index contributed by atoms with van der Waals surface area (Å²) in [6, 6.07) is 34.1. The number of nitrogens with one attached hydrogen (secondary N) is 1. The van der Waals surface area contributed by atoms with E-state index >= 15 is 0 Å². The number of alkyl halides is 6. The minimum Gasteiger partial charge on any atom is -0.333 e. The number of carbonyl (C=O) groups is 1. The predicted molar refractivity (Wildman–Crippen MR) is 282 cm³/mol. The standard InChI is InChI=1S/C36H47F3N2O.C24H33F3N2/c1-4-7-10-12-29-15-21-32(22-16-29)35(42)41(26-25-40(23-8-5-2)24-9-6-3)28-30-17-19-31(20-18-30)33-13-11-14-34(27-33)36(37,38)39;1-3-5-15-29(16-6-4-2)17-14-28-19-20-10-12-21(13-11-20)22-8-7-9-23(18-22)24(25,26)27/h11,13-22,27H,4-10,12,23-26,28H2,1-3H3;7-13,18,28H,3-6,14-17,19H2,1-2H3. The Labute approximate surface area is 422 Å². The molecule has 71 heavy (non-hydrogen) atoms. The van der Waals surface area contributed by atoms with Gasteiger partial charge in [-0.15, -0.1) is 0 Å². The van der Waals surface area contributed by atoms with Gasteiger partial charge in [0.05, 0.1) is 11.1 Å². The molecule has 1 N–H and O–H groups in total. The first-order valence-electron chi connectivity index (χ1n) is 26.3. The molecule has 5 aromatic rings. The lowest BCUT2D eigenvalue weighted by atomic mass is 10.0. The summed E-state index contributed by atoms with van der Waals surface area (Å²) in [6.07, 6.45) is 5.29. The van der Waals surface area contributed by atoms with Gasteiger partial charge in [0.2, 0.25) is 0 Å². The second-order valence-corrected chi connectivity index (χ2v) is 18.7. The van der Waals surface area contributed by atoms with Crippen molar-refractivity contribution in [1.29, 1.82) is 0 Å². The largest absolute Gasteiger partial charge is 0.416 e. The lowest BCUT2D eigenvalue weighted by Crippen LogP contribution is -2.39. The first-order chi connectivity index (χ1) is 34.2. The fourth-order valence-electron chi connectivity index (χ4n) is 8.35. The van der Waals surface area contributed by atoms with Gasteiger partial charge in [-0.2, -0.15) is 26.3 Å². The van der Waals surface area contributed by atoms with Gasteiger partial charge in [-0.25, -0.2) is 0 Å². The summed E-state index contributed by atoms with van der Waals surface area (Å²) < 4.78 is 78.4. The average molecular weight is 987 g/mol. The number of rotatable bonds is 29. The third-order valence-electron chi connectivity index (χ3n) is 12.8. The molecule has 0 radical (unpaired) electrons. The van der Waals surface area contributed by atoms with E-state index < -0.39 is 23.5 Å². The first-order valence-corrected chi connectivity index (χ1v) is 26.3. The second kappa shape index (κ2) is 31.5. The van der Waals surface area contributed by atoms with Gasteiger partial charge in [0, 0.05) is 44.8 Å². The number of aryl methyl sites for hydroxylation is 1. The van der Waals surface area contributed by atoms with Crippen LogP contribution < -0.4 is 5.32 Å². The summed E-state index contributed by atoms with van der Waals surface area (Å²) in [5.41, 5.74) is 5.36. The van der Waals surface area contributed by atoms with Crippen molar-refractivity contribution in [3.05, 3.63) is 155 Å². The Bertz CT molecular complexity index is 2210. The Morgan fingerprint density at radius 3 is 1.34 bits per heavy atom. The van der Waals surface area contributed by atoms with E-state index in [1.807, 2.05) is 65.6 Å². The number of halogens is 6. The quantitative estimate of drug-likeness (QED) is 0.0383. The van der Waals surface area contributed by atoms with Crippen LogP contribution in [-0.4, -0.2) is 73.0 Å². The normalized spacial score (nSPS) is 11.8. The highest BCUT2D eigenvalue weighted by Gasteiger charge is 2.31. The van der Waals surface area contributed by atoms with E-state index in [0.717, 1.165) is 120 Å². The Balaban J connectivity index is 0.000000330. The molecular weight excluding hydrogens is 907 g/mol. The van der Waals surface area contributed by atoms with Crippen molar-refractivity contribution in [2.45, 2.75) is 137 Å². The monoisotopic (exact) mass is 987 g/mol. The zero-order chi connectivity index (χ0) is 51.5. The molecule has 5 aromatic carbocycles. The molecule has 0 spiro atoms. The molecule has 0 saturated carbocycles. The van der Waals surface area contributed by atoms with E-state index in [0.29, 0.717) is 35.3 Å². The van der Waals surface area contributed by atoms with Gasteiger partial charge < -0.3 is 20.0 Å². The molecule has 0 fully saturated rings. The van der Waals surface area contributed by atoms with E-state index in [1.165, 1.54) is 68.4 Å². The molecule has 0 aliphatic carbocycles. The van der Waals surface area contributed by atoms with Crippen molar-refractivity contribution in [3.63, 3.8) is 0 Å². The molecule has 388 valence electrons. The van der Waals surface area contributed by atoms with Crippen LogP contribution in [0.2, 0.25) is 0 Å². The molecule has 1 amide bonds. The Morgan fingerprint density at radius 2 is 0.887 bits per heavy atom. The van der Waals surface area contributed by atoms with Crippen LogP contribution in [-0.2, 0) is 31.9 Å². The van der Waals surface area contributed by atoms with Crippen molar-refractivity contribution in [2.75, 3.05) is 52.4 Å². The van der Waals surface area contributed by atoms with E-state index in [4.69, 9.17) is 0 Å². The molecule has 0 heterocycles. The molecule has 0 aliphatic heterocycles. The van der Waals surface area contributed by atoms with Gasteiger partial charge in [-0.05, 0) is 140 Å². The van der Waals surface area contributed by atoms with Crippen LogP contribution in [0, 0.1) is 0 Å². The third-order valence-corrected chi connectivity index (χ3v) is 12.8. The van der Waals surface area contributed by atoms with Gasteiger partial charge in [0.1, 0.15) is 0 Å². The summed E-state index contributed by atoms with van der Waals surface area (Å²) in [6.45, 7) is 20.0. The van der Waals surface area contributed by atoms with E-state index in [2.05, 4.69) is 61.9 Å². The highest BCUT2D eigenvalue weighted by Crippen LogP contribution is 2.33. The van der Waals surface area contributed by atoms with Crippen molar-refractivity contribution in [3.8, 4) is 22.3 Å². The van der Waals surface area contributed by atoms with Crippen LogP contribution in [0.5, 0.6) is 0 Å². The number of benzene rings is 5. The van der Waals surface area contributed by atoms with Gasteiger partial charge in [0.25, 0.3) is 5.91 Å². The Morgan fingerprint density at radius 1 is 0.451 bits per heavy atom. The molecule has 0 bridgehead atoms. The van der Waals surface area contributed by atoms with Gasteiger partial charge in [-0.1, -0.05) is 158 Å². The van der Waals surface area contributed by atoms with Crippen molar-refractivity contribution in [2.24, 2.45) is 0 Å². The molecule has 0 atom stereocenters. The molecule has 0 unspecified atom stereocenters. The highest BCUT2D eigenvalue weighted by molar-refractivity contribution is 5.94.